The highest BCUT2D eigenvalue weighted by atomic mass is 79.9. The largest absolute Gasteiger partial charge is 0.316 e. The van der Waals surface area contributed by atoms with Crippen LogP contribution in [0, 0.1) is 5.41 Å². The Bertz CT molecular complexity index is 371. The molecule has 1 aromatic rings. The van der Waals surface area contributed by atoms with Crippen LogP contribution in [0.15, 0.2) is 28.7 Å². The molecule has 1 saturated carbocycles. The van der Waals surface area contributed by atoms with E-state index in [1.54, 1.807) is 0 Å². The zero-order chi connectivity index (χ0) is 10.3. The molecule has 1 aromatic carbocycles. The van der Waals surface area contributed by atoms with Crippen LogP contribution in [0.4, 0.5) is 0 Å². The molecule has 1 nitrogen and oxygen atoms in total. The predicted molar refractivity (Wildman–Crippen MR) is 66.0 cm³/mol. The zero-order valence-corrected chi connectivity index (χ0v) is 10.4. The summed E-state index contributed by atoms with van der Waals surface area (Å²) in [7, 11) is 0. The van der Waals surface area contributed by atoms with Gasteiger partial charge in [0.05, 0.1) is 0 Å². The molecule has 1 unspecified atom stereocenters. The molecule has 2 aliphatic rings. The van der Waals surface area contributed by atoms with Crippen LogP contribution in [0.3, 0.4) is 0 Å². The van der Waals surface area contributed by atoms with Crippen molar-refractivity contribution in [3.8, 4) is 0 Å². The van der Waals surface area contributed by atoms with Gasteiger partial charge in [0, 0.05) is 17.6 Å². The third kappa shape index (κ3) is 1.74. The van der Waals surface area contributed by atoms with Crippen LogP contribution >= 0.6 is 15.9 Å². The van der Waals surface area contributed by atoms with Crippen molar-refractivity contribution < 1.29 is 0 Å². The number of rotatable bonds is 1. The molecule has 1 saturated heterocycles. The summed E-state index contributed by atoms with van der Waals surface area (Å²) in [6.45, 7) is 2.50. The Morgan fingerprint density at radius 1 is 1.33 bits per heavy atom. The summed E-state index contributed by atoms with van der Waals surface area (Å²) >= 11 is 3.56. The molecule has 1 spiro atoms. The molecule has 0 amide bonds. The van der Waals surface area contributed by atoms with E-state index in [9.17, 15) is 0 Å². The Hall–Kier alpha value is -0.340. The number of hydrogen-bond donors (Lipinski definition) is 1. The van der Waals surface area contributed by atoms with Gasteiger partial charge in [-0.15, -0.1) is 0 Å². The fourth-order valence-electron chi connectivity index (χ4n) is 3.05. The molecule has 2 fully saturated rings. The van der Waals surface area contributed by atoms with Gasteiger partial charge in [-0.05, 0) is 48.3 Å². The van der Waals surface area contributed by atoms with Crippen LogP contribution in [-0.4, -0.2) is 13.1 Å². The lowest BCUT2D eigenvalue weighted by atomic mass is 9.79. The minimum atomic E-state index is 0.660. The third-order valence-electron chi connectivity index (χ3n) is 4.02. The lowest BCUT2D eigenvalue weighted by Gasteiger charge is -2.39. The summed E-state index contributed by atoms with van der Waals surface area (Å²) in [5.74, 6) is 0.796. The van der Waals surface area contributed by atoms with E-state index < -0.39 is 0 Å². The van der Waals surface area contributed by atoms with Crippen molar-refractivity contribution in [2.75, 3.05) is 13.1 Å². The standard InChI is InChI=1S/C13H16BrN/c14-12-3-1-2-10(6-12)11-4-5-13(7-11)8-15-9-13/h1-3,6,11,15H,4-5,7-9H2. The Labute approximate surface area is 99.4 Å². The van der Waals surface area contributed by atoms with Crippen LogP contribution < -0.4 is 5.32 Å². The highest BCUT2D eigenvalue weighted by Gasteiger charge is 2.43. The maximum Gasteiger partial charge on any atom is 0.0178 e. The molecule has 15 heavy (non-hydrogen) atoms. The van der Waals surface area contributed by atoms with E-state index in [0.29, 0.717) is 5.41 Å². The molecule has 80 valence electrons. The molecule has 1 atom stereocenters. The van der Waals surface area contributed by atoms with Gasteiger partial charge in [-0.3, -0.25) is 0 Å². The molecule has 1 aliphatic heterocycles. The second-order valence-corrected chi connectivity index (χ2v) is 6.01. The number of nitrogens with one attached hydrogen (secondary N) is 1. The monoisotopic (exact) mass is 265 g/mol. The SMILES string of the molecule is Brc1cccc(C2CCC3(CNC3)C2)c1. The summed E-state index contributed by atoms with van der Waals surface area (Å²) in [5, 5.41) is 3.42. The second kappa shape index (κ2) is 3.60. The fraction of sp³-hybridized carbons (Fsp3) is 0.538. The molecule has 1 N–H and O–H groups in total. The maximum atomic E-state index is 3.56. The minimum absolute atomic E-state index is 0.660. The van der Waals surface area contributed by atoms with Crippen LogP contribution in [0.1, 0.15) is 30.7 Å². The van der Waals surface area contributed by atoms with E-state index in [0.717, 1.165) is 5.92 Å². The summed E-state index contributed by atoms with van der Waals surface area (Å²) < 4.78 is 1.22. The lowest BCUT2D eigenvalue weighted by molar-refractivity contribution is 0.175. The van der Waals surface area contributed by atoms with E-state index in [-0.39, 0.29) is 0 Å². The Kier molecular flexibility index (Phi) is 2.37. The number of hydrogen-bond acceptors (Lipinski definition) is 1. The van der Waals surface area contributed by atoms with Crippen LogP contribution in [-0.2, 0) is 0 Å². The first kappa shape index (κ1) is 9.86. The van der Waals surface area contributed by atoms with Gasteiger partial charge in [0.1, 0.15) is 0 Å². The van der Waals surface area contributed by atoms with Crippen LogP contribution in [0.2, 0.25) is 0 Å². The quantitative estimate of drug-likeness (QED) is 0.822. The zero-order valence-electron chi connectivity index (χ0n) is 8.80. The molecular formula is C13H16BrN. The minimum Gasteiger partial charge on any atom is -0.316 e. The molecule has 2 heteroatoms. The normalized spacial score (nSPS) is 27.9. The van der Waals surface area contributed by atoms with Gasteiger partial charge < -0.3 is 5.32 Å². The first-order chi connectivity index (χ1) is 7.27. The molecule has 0 aromatic heterocycles. The van der Waals surface area contributed by atoms with Gasteiger partial charge in [0.25, 0.3) is 0 Å². The van der Waals surface area contributed by atoms with E-state index in [1.165, 1.54) is 42.4 Å². The average molecular weight is 266 g/mol. The van der Waals surface area contributed by atoms with E-state index in [4.69, 9.17) is 0 Å². The lowest BCUT2D eigenvalue weighted by Crippen LogP contribution is -2.51. The van der Waals surface area contributed by atoms with Crippen molar-refractivity contribution in [3.05, 3.63) is 34.3 Å². The summed E-state index contributed by atoms with van der Waals surface area (Å²) in [6, 6.07) is 8.83. The first-order valence-corrected chi connectivity index (χ1v) is 6.53. The highest BCUT2D eigenvalue weighted by Crippen LogP contribution is 2.48. The second-order valence-electron chi connectivity index (χ2n) is 5.10. The Morgan fingerprint density at radius 3 is 2.80 bits per heavy atom. The summed E-state index contributed by atoms with van der Waals surface area (Å²) in [4.78, 5) is 0. The third-order valence-corrected chi connectivity index (χ3v) is 4.52. The number of halogens is 1. The van der Waals surface area contributed by atoms with Crippen molar-refractivity contribution in [1.29, 1.82) is 0 Å². The molecule has 0 radical (unpaired) electrons. The van der Waals surface area contributed by atoms with E-state index >= 15 is 0 Å². The smallest absolute Gasteiger partial charge is 0.0178 e. The summed E-state index contributed by atoms with van der Waals surface area (Å²) in [5.41, 5.74) is 2.18. The van der Waals surface area contributed by atoms with Gasteiger partial charge in [0.15, 0.2) is 0 Å². The first-order valence-electron chi connectivity index (χ1n) is 5.74. The van der Waals surface area contributed by atoms with Crippen LogP contribution in [0.5, 0.6) is 0 Å². The Morgan fingerprint density at radius 2 is 2.20 bits per heavy atom. The topological polar surface area (TPSA) is 12.0 Å². The van der Waals surface area contributed by atoms with Crippen molar-refractivity contribution in [2.24, 2.45) is 5.41 Å². The van der Waals surface area contributed by atoms with E-state index in [1.807, 2.05) is 0 Å². The van der Waals surface area contributed by atoms with Gasteiger partial charge in [0.2, 0.25) is 0 Å². The van der Waals surface area contributed by atoms with Crippen molar-refractivity contribution in [3.63, 3.8) is 0 Å². The fourth-order valence-corrected chi connectivity index (χ4v) is 3.47. The average Bonchev–Trinajstić information content (AvgIpc) is 2.62. The van der Waals surface area contributed by atoms with E-state index in [2.05, 4.69) is 45.5 Å². The van der Waals surface area contributed by atoms with Crippen molar-refractivity contribution in [2.45, 2.75) is 25.2 Å². The molecule has 0 bridgehead atoms. The van der Waals surface area contributed by atoms with Gasteiger partial charge in [-0.25, -0.2) is 0 Å². The van der Waals surface area contributed by atoms with Gasteiger partial charge in [-0.2, -0.15) is 0 Å². The predicted octanol–water partition coefficient (Wildman–Crippen LogP) is 3.31. The molecule has 1 heterocycles. The van der Waals surface area contributed by atoms with Gasteiger partial charge >= 0.3 is 0 Å². The molecule has 1 aliphatic carbocycles. The molecule has 3 rings (SSSR count). The summed E-state index contributed by atoms with van der Waals surface area (Å²) in [6.07, 6.45) is 4.17. The van der Waals surface area contributed by atoms with Crippen molar-refractivity contribution >= 4 is 15.9 Å². The Balaban J connectivity index is 1.79. The number of benzene rings is 1. The van der Waals surface area contributed by atoms with Crippen molar-refractivity contribution in [1.82, 2.24) is 5.32 Å². The molecular weight excluding hydrogens is 250 g/mol. The maximum absolute atomic E-state index is 3.56. The highest BCUT2D eigenvalue weighted by molar-refractivity contribution is 9.10. The van der Waals surface area contributed by atoms with Gasteiger partial charge in [-0.1, -0.05) is 28.1 Å². The van der Waals surface area contributed by atoms with Crippen LogP contribution in [0.25, 0.3) is 0 Å².